The fourth-order valence-corrected chi connectivity index (χ4v) is 2.23. The molecule has 1 amide bonds. The number of carbonyl (C=O) groups is 1. The van der Waals surface area contributed by atoms with Crippen molar-refractivity contribution in [3.8, 4) is 0 Å². The van der Waals surface area contributed by atoms with E-state index in [0.29, 0.717) is 5.92 Å². The van der Waals surface area contributed by atoms with E-state index in [-0.39, 0.29) is 6.17 Å². The Morgan fingerprint density at radius 3 is 2.24 bits per heavy atom. The van der Waals surface area contributed by atoms with Crippen LogP contribution in [0.3, 0.4) is 0 Å². The smallest absolute Gasteiger partial charge is 0.408 e. The lowest BCUT2D eigenvalue weighted by molar-refractivity contribution is 0.0484. The summed E-state index contributed by atoms with van der Waals surface area (Å²) in [7, 11) is 0. The lowest BCUT2D eigenvalue weighted by Crippen LogP contribution is -2.48. The van der Waals surface area contributed by atoms with Gasteiger partial charge in [-0.15, -0.1) is 0 Å². The lowest BCUT2D eigenvalue weighted by atomic mass is 9.97. The maximum atomic E-state index is 11.6. The van der Waals surface area contributed by atoms with Crippen LogP contribution < -0.4 is 11.1 Å². The Balaban J connectivity index is 2.36. The Morgan fingerprint density at radius 2 is 1.76 bits per heavy atom. The molecular formula is C13H26N2O2. The molecule has 0 aromatic carbocycles. The fraction of sp³-hybridized carbons (Fsp3) is 0.923. The van der Waals surface area contributed by atoms with E-state index in [1.54, 1.807) is 0 Å². The number of carbonyl (C=O) groups excluding carboxylic acids is 1. The molecule has 1 fully saturated rings. The molecule has 1 aliphatic rings. The summed E-state index contributed by atoms with van der Waals surface area (Å²) >= 11 is 0. The summed E-state index contributed by atoms with van der Waals surface area (Å²) in [4.78, 5) is 11.6. The first-order valence-corrected chi connectivity index (χ1v) is 6.63. The third kappa shape index (κ3) is 5.91. The number of ether oxygens (including phenoxy) is 1. The first-order valence-electron chi connectivity index (χ1n) is 6.63. The summed E-state index contributed by atoms with van der Waals surface area (Å²) in [5.74, 6) is 0.394. The van der Waals surface area contributed by atoms with Gasteiger partial charge in [0.1, 0.15) is 5.60 Å². The predicted molar refractivity (Wildman–Crippen MR) is 68.5 cm³/mol. The highest BCUT2D eigenvalue weighted by atomic mass is 16.6. The van der Waals surface area contributed by atoms with Gasteiger partial charge in [-0.05, 0) is 39.5 Å². The molecule has 0 bridgehead atoms. The molecule has 1 atom stereocenters. The second-order valence-corrected chi connectivity index (χ2v) is 5.92. The van der Waals surface area contributed by atoms with Crippen molar-refractivity contribution in [2.75, 3.05) is 0 Å². The van der Waals surface area contributed by atoms with Crippen LogP contribution in [-0.4, -0.2) is 17.9 Å². The molecule has 1 aliphatic carbocycles. The summed E-state index contributed by atoms with van der Waals surface area (Å²) in [6.07, 6.45) is 6.54. The fourth-order valence-electron chi connectivity index (χ4n) is 2.23. The predicted octanol–water partition coefficient (Wildman–Crippen LogP) is 2.77. The van der Waals surface area contributed by atoms with Gasteiger partial charge in [-0.1, -0.05) is 25.7 Å². The maximum Gasteiger partial charge on any atom is 0.408 e. The van der Waals surface area contributed by atoms with Crippen molar-refractivity contribution in [2.45, 2.75) is 71.1 Å². The van der Waals surface area contributed by atoms with E-state index in [1.165, 1.54) is 25.7 Å². The summed E-state index contributed by atoms with van der Waals surface area (Å²) in [5.41, 5.74) is 5.56. The number of nitrogens with two attached hydrogens (primary N) is 1. The summed E-state index contributed by atoms with van der Waals surface area (Å²) < 4.78 is 5.20. The molecule has 0 saturated heterocycles. The minimum absolute atomic E-state index is 0.275. The molecule has 0 aliphatic heterocycles. The van der Waals surface area contributed by atoms with Gasteiger partial charge in [0.05, 0.1) is 6.17 Å². The van der Waals surface area contributed by atoms with E-state index in [9.17, 15) is 4.79 Å². The zero-order valence-electron chi connectivity index (χ0n) is 11.3. The molecule has 0 heterocycles. The monoisotopic (exact) mass is 242 g/mol. The third-order valence-corrected chi connectivity index (χ3v) is 3.09. The summed E-state index contributed by atoms with van der Waals surface area (Å²) in [6, 6.07) is 0. The van der Waals surface area contributed by atoms with Gasteiger partial charge in [0, 0.05) is 0 Å². The zero-order chi connectivity index (χ0) is 12.9. The molecule has 17 heavy (non-hydrogen) atoms. The largest absolute Gasteiger partial charge is 0.444 e. The minimum Gasteiger partial charge on any atom is -0.444 e. The van der Waals surface area contributed by atoms with E-state index in [1.807, 2.05) is 20.8 Å². The molecule has 0 radical (unpaired) electrons. The Kier molecular flexibility index (Phi) is 5.25. The zero-order valence-corrected chi connectivity index (χ0v) is 11.3. The summed E-state index contributed by atoms with van der Waals surface area (Å²) in [5, 5.41) is 2.75. The molecule has 100 valence electrons. The second kappa shape index (κ2) is 6.24. The molecule has 0 aromatic heterocycles. The Labute approximate surface area is 104 Å². The van der Waals surface area contributed by atoms with Gasteiger partial charge in [0.2, 0.25) is 0 Å². The highest BCUT2D eigenvalue weighted by molar-refractivity contribution is 5.68. The van der Waals surface area contributed by atoms with Gasteiger partial charge >= 0.3 is 6.09 Å². The standard InChI is InChI=1S/C13H26N2O2/c1-13(2,3)17-12(16)15-11(14)10-8-6-4-5-7-9-10/h10-11H,4-9,14H2,1-3H3,(H,15,16). The first kappa shape index (κ1) is 14.3. The molecule has 1 unspecified atom stereocenters. The molecule has 0 spiro atoms. The number of amides is 1. The highest BCUT2D eigenvalue weighted by Crippen LogP contribution is 2.24. The van der Waals surface area contributed by atoms with Gasteiger partial charge in [-0.3, -0.25) is 0 Å². The average Bonchev–Trinajstić information content (AvgIpc) is 2.41. The van der Waals surface area contributed by atoms with Crippen LogP contribution in [0, 0.1) is 5.92 Å². The number of hydrogen-bond donors (Lipinski definition) is 2. The van der Waals surface area contributed by atoms with Crippen LogP contribution in [0.15, 0.2) is 0 Å². The van der Waals surface area contributed by atoms with E-state index >= 15 is 0 Å². The van der Waals surface area contributed by atoms with E-state index in [2.05, 4.69) is 5.32 Å². The van der Waals surface area contributed by atoms with Crippen LogP contribution in [0.1, 0.15) is 59.3 Å². The normalized spacial score (nSPS) is 20.5. The van der Waals surface area contributed by atoms with Crippen molar-refractivity contribution in [1.82, 2.24) is 5.32 Å². The molecule has 4 nitrogen and oxygen atoms in total. The van der Waals surface area contributed by atoms with Crippen LogP contribution in [0.5, 0.6) is 0 Å². The van der Waals surface area contributed by atoms with Crippen LogP contribution in [0.4, 0.5) is 4.79 Å². The van der Waals surface area contributed by atoms with Crippen LogP contribution in [0.25, 0.3) is 0 Å². The van der Waals surface area contributed by atoms with Gasteiger partial charge in [0.15, 0.2) is 0 Å². The third-order valence-electron chi connectivity index (χ3n) is 3.09. The van der Waals surface area contributed by atoms with E-state index in [4.69, 9.17) is 10.5 Å². The number of alkyl carbamates (subject to hydrolysis) is 1. The van der Waals surface area contributed by atoms with Crippen molar-refractivity contribution < 1.29 is 9.53 Å². The Bertz CT molecular complexity index is 240. The van der Waals surface area contributed by atoms with Crippen molar-refractivity contribution in [1.29, 1.82) is 0 Å². The maximum absolute atomic E-state index is 11.6. The van der Waals surface area contributed by atoms with Gasteiger partial charge in [0.25, 0.3) is 0 Å². The van der Waals surface area contributed by atoms with Crippen molar-refractivity contribution >= 4 is 6.09 Å². The van der Waals surface area contributed by atoms with E-state index in [0.717, 1.165) is 12.8 Å². The molecular weight excluding hydrogens is 216 g/mol. The number of rotatable bonds is 2. The summed E-state index contributed by atoms with van der Waals surface area (Å²) in [6.45, 7) is 5.55. The second-order valence-electron chi connectivity index (χ2n) is 5.92. The van der Waals surface area contributed by atoms with Gasteiger partial charge < -0.3 is 15.8 Å². The van der Waals surface area contributed by atoms with Crippen molar-refractivity contribution in [3.63, 3.8) is 0 Å². The first-order chi connectivity index (χ1) is 7.88. The molecule has 0 aromatic rings. The molecule has 1 rings (SSSR count). The lowest BCUT2D eigenvalue weighted by Gasteiger charge is -2.26. The van der Waals surface area contributed by atoms with Crippen molar-refractivity contribution in [3.05, 3.63) is 0 Å². The van der Waals surface area contributed by atoms with Crippen LogP contribution in [0.2, 0.25) is 0 Å². The highest BCUT2D eigenvalue weighted by Gasteiger charge is 2.23. The van der Waals surface area contributed by atoms with Gasteiger partial charge in [-0.2, -0.15) is 0 Å². The molecule has 3 N–H and O–H groups in total. The SMILES string of the molecule is CC(C)(C)OC(=O)NC(N)C1CCCCCC1. The van der Waals surface area contributed by atoms with Crippen molar-refractivity contribution in [2.24, 2.45) is 11.7 Å². The Hall–Kier alpha value is -0.770. The van der Waals surface area contributed by atoms with Crippen LogP contribution >= 0.6 is 0 Å². The Morgan fingerprint density at radius 1 is 1.24 bits per heavy atom. The average molecular weight is 242 g/mol. The number of nitrogens with one attached hydrogen (secondary N) is 1. The topological polar surface area (TPSA) is 64.3 Å². The van der Waals surface area contributed by atoms with E-state index < -0.39 is 11.7 Å². The minimum atomic E-state index is -0.465. The quantitative estimate of drug-likeness (QED) is 0.578. The molecule has 1 saturated carbocycles. The van der Waals surface area contributed by atoms with Gasteiger partial charge in [-0.25, -0.2) is 4.79 Å². The number of hydrogen-bond acceptors (Lipinski definition) is 3. The molecule has 4 heteroatoms. The van der Waals surface area contributed by atoms with Crippen LogP contribution in [-0.2, 0) is 4.74 Å².